The molecule has 2 N–H and O–H groups in total. The molecule has 0 aromatic rings. The Morgan fingerprint density at radius 3 is 2.88 bits per heavy atom. The molecule has 0 unspecified atom stereocenters. The summed E-state index contributed by atoms with van der Waals surface area (Å²) in [7, 11) is 0. The molecule has 1 aliphatic rings. The van der Waals surface area contributed by atoms with Crippen LogP contribution in [0.2, 0.25) is 0 Å². The van der Waals surface area contributed by atoms with E-state index in [1.54, 1.807) is 0 Å². The maximum absolute atomic E-state index is 5.45. The zero-order valence-corrected chi connectivity index (χ0v) is 5.22. The molecule has 0 bridgehead atoms. The van der Waals surface area contributed by atoms with E-state index in [2.05, 4.69) is 11.9 Å². The molecule has 0 aliphatic carbocycles. The van der Waals surface area contributed by atoms with E-state index < -0.39 is 0 Å². The van der Waals surface area contributed by atoms with Crippen molar-refractivity contribution in [2.45, 2.75) is 19.8 Å². The fourth-order valence-electron chi connectivity index (χ4n) is 0.838. The van der Waals surface area contributed by atoms with Crippen molar-refractivity contribution in [3.63, 3.8) is 0 Å². The lowest BCUT2D eigenvalue weighted by molar-refractivity contribution is 0.536. The summed E-state index contributed by atoms with van der Waals surface area (Å²) in [6, 6.07) is 0. The highest BCUT2D eigenvalue weighted by Gasteiger charge is 2.07. The fraction of sp³-hybridized carbons (Fsp3) is 0.833. The number of nitrogens with zero attached hydrogens (tertiary/aromatic N) is 1. The SMILES string of the molecule is C[C@H]1CCC(N)=NC1. The second-order valence-corrected chi connectivity index (χ2v) is 2.48. The molecule has 0 radical (unpaired) electrons. The summed E-state index contributed by atoms with van der Waals surface area (Å²) in [4.78, 5) is 4.11. The fourth-order valence-corrected chi connectivity index (χ4v) is 0.838. The van der Waals surface area contributed by atoms with Crippen LogP contribution in [0, 0.1) is 5.92 Å². The topological polar surface area (TPSA) is 38.4 Å². The van der Waals surface area contributed by atoms with Gasteiger partial charge in [0.15, 0.2) is 0 Å². The first kappa shape index (κ1) is 5.60. The Kier molecular flexibility index (Phi) is 1.51. The number of rotatable bonds is 0. The molecule has 1 heterocycles. The monoisotopic (exact) mass is 112 g/mol. The van der Waals surface area contributed by atoms with Gasteiger partial charge in [-0.2, -0.15) is 0 Å². The summed E-state index contributed by atoms with van der Waals surface area (Å²) in [5.74, 6) is 1.59. The molecule has 0 saturated heterocycles. The van der Waals surface area contributed by atoms with Crippen LogP contribution in [0.4, 0.5) is 0 Å². The summed E-state index contributed by atoms with van der Waals surface area (Å²) in [6.45, 7) is 3.14. The van der Waals surface area contributed by atoms with Gasteiger partial charge in [-0.05, 0) is 12.3 Å². The zero-order chi connectivity index (χ0) is 5.98. The average molecular weight is 112 g/mol. The molecule has 0 fully saturated rings. The highest BCUT2D eigenvalue weighted by molar-refractivity contribution is 5.80. The van der Waals surface area contributed by atoms with Crippen molar-refractivity contribution in [1.29, 1.82) is 0 Å². The minimum Gasteiger partial charge on any atom is -0.387 e. The van der Waals surface area contributed by atoms with Crippen molar-refractivity contribution in [2.24, 2.45) is 16.6 Å². The van der Waals surface area contributed by atoms with Gasteiger partial charge in [0.2, 0.25) is 0 Å². The Bertz CT molecular complexity index is 107. The lowest BCUT2D eigenvalue weighted by Gasteiger charge is -2.13. The highest BCUT2D eigenvalue weighted by Crippen LogP contribution is 2.10. The third-order valence-corrected chi connectivity index (χ3v) is 1.50. The first-order valence-electron chi connectivity index (χ1n) is 3.08. The average Bonchev–Trinajstić information content (AvgIpc) is 1.77. The van der Waals surface area contributed by atoms with Crippen molar-refractivity contribution in [2.75, 3.05) is 6.54 Å². The molecule has 1 aliphatic heterocycles. The number of amidine groups is 1. The number of nitrogens with two attached hydrogens (primary N) is 1. The molecule has 1 atom stereocenters. The number of hydrogen-bond acceptors (Lipinski definition) is 2. The molecule has 0 aromatic heterocycles. The van der Waals surface area contributed by atoms with Gasteiger partial charge >= 0.3 is 0 Å². The Morgan fingerprint density at radius 1 is 1.75 bits per heavy atom. The van der Waals surface area contributed by atoms with E-state index in [4.69, 9.17) is 5.73 Å². The maximum atomic E-state index is 5.45. The summed E-state index contributed by atoms with van der Waals surface area (Å²) >= 11 is 0. The summed E-state index contributed by atoms with van der Waals surface area (Å²) in [5.41, 5.74) is 5.45. The molecule has 2 nitrogen and oxygen atoms in total. The van der Waals surface area contributed by atoms with Crippen LogP contribution in [0.3, 0.4) is 0 Å². The van der Waals surface area contributed by atoms with Crippen LogP contribution in [0.1, 0.15) is 19.8 Å². The third-order valence-electron chi connectivity index (χ3n) is 1.50. The first-order chi connectivity index (χ1) is 3.79. The van der Waals surface area contributed by atoms with Gasteiger partial charge in [-0.25, -0.2) is 0 Å². The van der Waals surface area contributed by atoms with Gasteiger partial charge < -0.3 is 5.73 Å². The molecule has 46 valence electrons. The molecule has 1 rings (SSSR count). The van der Waals surface area contributed by atoms with E-state index in [-0.39, 0.29) is 0 Å². The molecular weight excluding hydrogens is 100 g/mol. The van der Waals surface area contributed by atoms with Crippen molar-refractivity contribution < 1.29 is 0 Å². The van der Waals surface area contributed by atoms with Gasteiger partial charge in [-0.15, -0.1) is 0 Å². The molecule has 8 heavy (non-hydrogen) atoms. The summed E-state index contributed by atoms with van der Waals surface area (Å²) in [5, 5.41) is 0. The normalized spacial score (nSPS) is 29.6. The van der Waals surface area contributed by atoms with Crippen LogP contribution in [0.15, 0.2) is 4.99 Å². The molecule has 2 heteroatoms. The predicted octanol–water partition coefficient (Wildman–Crippen LogP) is 0.774. The van der Waals surface area contributed by atoms with Crippen LogP contribution in [-0.2, 0) is 0 Å². The van der Waals surface area contributed by atoms with Crippen LogP contribution in [0.5, 0.6) is 0 Å². The third kappa shape index (κ3) is 1.22. The Labute approximate surface area is 49.8 Å². The van der Waals surface area contributed by atoms with E-state index in [0.717, 1.165) is 24.7 Å². The van der Waals surface area contributed by atoms with Gasteiger partial charge in [-0.1, -0.05) is 6.92 Å². The lowest BCUT2D eigenvalue weighted by Crippen LogP contribution is -2.19. The molecular formula is C6H12N2. The standard InChI is InChI=1S/C6H12N2/c1-5-2-3-6(7)8-4-5/h5H,2-4H2,1H3,(H2,7,8)/t5-/m0/s1. The van der Waals surface area contributed by atoms with E-state index in [0.29, 0.717) is 0 Å². The summed E-state index contributed by atoms with van der Waals surface area (Å²) in [6.07, 6.45) is 2.22. The van der Waals surface area contributed by atoms with E-state index in [1.807, 2.05) is 0 Å². The Hall–Kier alpha value is -0.530. The van der Waals surface area contributed by atoms with Crippen LogP contribution < -0.4 is 5.73 Å². The summed E-state index contributed by atoms with van der Waals surface area (Å²) < 4.78 is 0. The lowest BCUT2D eigenvalue weighted by atomic mass is 10.0. The van der Waals surface area contributed by atoms with Crippen molar-refractivity contribution in [3.8, 4) is 0 Å². The second kappa shape index (κ2) is 2.16. The highest BCUT2D eigenvalue weighted by atomic mass is 14.9. The number of hydrogen-bond donors (Lipinski definition) is 1. The van der Waals surface area contributed by atoms with E-state index >= 15 is 0 Å². The number of aliphatic imine (C=N–C) groups is 1. The van der Waals surface area contributed by atoms with Crippen molar-refractivity contribution in [3.05, 3.63) is 0 Å². The molecule has 0 saturated carbocycles. The predicted molar refractivity (Wildman–Crippen MR) is 34.9 cm³/mol. The second-order valence-electron chi connectivity index (χ2n) is 2.48. The largest absolute Gasteiger partial charge is 0.387 e. The molecule has 0 amide bonds. The quantitative estimate of drug-likeness (QED) is 0.494. The van der Waals surface area contributed by atoms with Crippen LogP contribution in [-0.4, -0.2) is 12.4 Å². The van der Waals surface area contributed by atoms with Gasteiger partial charge in [0.25, 0.3) is 0 Å². The minimum absolute atomic E-state index is 0.752. The van der Waals surface area contributed by atoms with Gasteiger partial charge in [0.05, 0.1) is 5.84 Å². The Balaban J connectivity index is 2.42. The first-order valence-corrected chi connectivity index (χ1v) is 3.08. The van der Waals surface area contributed by atoms with Gasteiger partial charge in [0.1, 0.15) is 0 Å². The van der Waals surface area contributed by atoms with Gasteiger partial charge in [0, 0.05) is 13.0 Å². The van der Waals surface area contributed by atoms with Crippen LogP contribution in [0.25, 0.3) is 0 Å². The van der Waals surface area contributed by atoms with E-state index in [1.165, 1.54) is 6.42 Å². The smallest absolute Gasteiger partial charge is 0.0937 e. The van der Waals surface area contributed by atoms with E-state index in [9.17, 15) is 0 Å². The molecule has 0 aromatic carbocycles. The van der Waals surface area contributed by atoms with Crippen molar-refractivity contribution in [1.82, 2.24) is 0 Å². The molecule has 0 spiro atoms. The Morgan fingerprint density at radius 2 is 2.50 bits per heavy atom. The van der Waals surface area contributed by atoms with Gasteiger partial charge in [-0.3, -0.25) is 4.99 Å². The maximum Gasteiger partial charge on any atom is 0.0937 e. The van der Waals surface area contributed by atoms with Crippen LogP contribution >= 0.6 is 0 Å². The minimum atomic E-state index is 0.752. The van der Waals surface area contributed by atoms with Crippen molar-refractivity contribution >= 4 is 5.84 Å². The zero-order valence-electron chi connectivity index (χ0n) is 5.22.